The lowest BCUT2D eigenvalue weighted by Crippen LogP contribution is -2.50. The molecule has 0 saturated carbocycles. The highest BCUT2D eigenvalue weighted by atomic mass is 16.5. The Hall–Kier alpha value is -0.610. The van der Waals surface area contributed by atoms with E-state index in [4.69, 9.17) is 10.1 Å². The molecule has 3 saturated heterocycles. The minimum absolute atomic E-state index is 0.358. The molecule has 0 radical (unpaired) electrons. The van der Waals surface area contributed by atoms with E-state index in [2.05, 4.69) is 16.8 Å². The second kappa shape index (κ2) is 4.00. The van der Waals surface area contributed by atoms with Crippen molar-refractivity contribution in [2.45, 2.75) is 31.5 Å². The number of amidine groups is 1. The van der Waals surface area contributed by atoms with Crippen LogP contribution in [0.25, 0.3) is 0 Å². The van der Waals surface area contributed by atoms with Crippen molar-refractivity contribution in [1.29, 1.82) is 5.41 Å². The largest absolute Gasteiger partial charge is 0.374 e. The van der Waals surface area contributed by atoms with Gasteiger partial charge in [0.25, 0.3) is 0 Å². The molecule has 1 N–H and O–H groups in total. The molecule has 16 heavy (non-hydrogen) atoms. The Balaban J connectivity index is 1.61. The Morgan fingerprint density at radius 1 is 1.19 bits per heavy atom. The van der Waals surface area contributed by atoms with Gasteiger partial charge in [-0.15, -0.1) is 0 Å². The Labute approximate surface area is 97.1 Å². The van der Waals surface area contributed by atoms with E-state index < -0.39 is 0 Å². The minimum Gasteiger partial charge on any atom is -0.374 e. The molecule has 3 fully saturated rings. The zero-order valence-corrected chi connectivity index (χ0v) is 9.98. The molecule has 4 heteroatoms. The maximum Gasteiger partial charge on any atom is 0.102 e. The Bertz CT molecular complexity index is 286. The van der Waals surface area contributed by atoms with Crippen LogP contribution >= 0.6 is 0 Å². The lowest BCUT2D eigenvalue weighted by Gasteiger charge is -2.37. The number of nitrogens with zero attached hydrogens (tertiary/aromatic N) is 2. The lowest BCUT2D eigenvalue weighted by atomic mass is 9.87. The lowest BCUT2D eigenvalue weighted by molar-refractivity contribution is 0.0974. The summed E-state index contributed by atoms with van der Waals surface area (Å²) in [5.74, 6) is 1.24. The first-order chi connectivity index (χ1) is 7.74. The van der Waals surface area contributed by atoms with Crippen LogP contribution < -0.4 is 0 Å². The second-order valence-corrected chi connectivity index (χ2v) is 5.39. The highest BCUT2D eigenvalue weighted by Gasteiger charge is 2.44. The quantitative estimate of drug-likeness (QED) is 0.527. The molecular weight excluding hydrogens is 202 g/mol. The fourth-order valence-corrected chi connectivity index (χ4v) is 3.21. The van der Waals surface area contributed by atoms with Gasteiger partial charge in [0.1, 0.15) is 5.84 Å². The van der Waals surface area contributed by atoms with Crippen molar-refractivity contribution >= 4 is 5.84 Å². The van der Waals surface area contributed by atoms with Crippen LogP contribution in [0.1, 0.15) is 19.3 Å². The van der Waals surface area contributed by atoms with Gasteiger partial charge in [-0.2, -0.15) is 0 Å². The zero-order valence-electron chi connectivity index (χ0n) is 9.98. The summed E-state index contributed by atoms with van der Waals surface area (Å²) in [6.45, 7) is 4.21. The van der Waals surface area contributed by atoms with E-state index in [1.54, 1.807) is 0 Å². The third kappa shape index (κ3) is 1.74. The molecule has 0 aromatic carbocycles. The summed E-state index contributed by atoms with van der Waals surface area (Å²) in [4.78, 5) is 4.59. The van der Waals surface area contributed by atoms with E-state index >= 15 is 0 Å². The third-order valence-electron chi connectivity index (χ3n) is 4.30. The summed E-state index contributed by atoms with van der Waals surface area (Å²) in [7, 11) is 2.15. The number of rotatable bonds is 1. The van der Waals surface area contributed by atoms with Gasteiger partial charge in [0.15, 0.2) is 0 Å². The molecule has 3 aliphatic rings. The van der Waals surface area contributed by atoms with E-state index in [1.807, 2.05) is 0 Å². The maximum atomic E-state index is 8.33. The molecule has 3 aliphatic heterocycles. The van der Waals surface area contributed by atoms with Crippen molar-refractivity contribution < 1.29 is 4.74 Å². The summed E-state index contributed by atoms with van der Waals surface area (Å²) < 4.78 is 5.84. The van der Waals surface area contributed by atoms with Crippen LogP contribution in [0.5, 0.6) is 0 Å². The first kappa shape index (κ1) is 10.5. The number of hydrogen-bond donors (Lipinski definition) is 1. The number of ether oxygens (including phenoxy) is 1. The maximum absolute atomic E-state index is 8.33. The monoisotopic (exact) mass is 223 g/mol. The predicted octanol–water partition coefficient (Wildman–Crippen LogP) is 0.779. The van der Waals surface area contributed by atoms with Crippen molar-refractivity contribution in [3.63, 3.8) is 0 Å². The van der Waals surface area contributed by atoms with E-state index in [0.29, 0.717) is 18.1 Å². The van der Waals surface area contributed by atoms with Gasteiger partial charge in [0.2, 0.25) is 0 Å². The number of fused-ring (bicyclic) bond motifs is 2. The molecule has 3 atom stereocenters. The van der Waals surface area contributed by atoms with E-state index in [9.17, 15) is 0 Å². The Kier molecular flexibility index (Phi) is 2.64. The van der Waals surface area contributed by atoms with Gasteiger partial charge >= 0.3 is 0 Å². The van der Waals surface area contributed by atoms with Crippen molar-refractivity contribution in [1.82, 2.24) is 9.80 Å². The van der Waals surface area contributed by atoms with Crippen molar-refractivity contribution in [2.24, 2.45) is 5.92 Å². The van der Waals surface area contributed by atoms with E-state index in [0.717, 1.165) is 38.4 Å². The fourth-order valence-electron chi connectivity index (χ4n) is 3.21. The molecule has 0 aromatic heterocycles. The second-order valence-electron chi connectivity index (χ2n) is 5.39. The summed E-state index contributed by atoms with van der Waals surface area (Å²) in [6, 6.07) is 0. The minimum atomic E-state index is 0.358. The molecule has 90 valence electrons. The van der Waals surface area contributed by atoms with Gasteiger partial charge in [-0.05, 0) is 26.3 Å². The van der Waals surface area contributed by atoms with Crippen LogP contribution in [-0.4, -0.2) is 61.1 Å². The number of nitrogens with one attached hydrogen (secondary N) is 1. The molecule has 3 heterocycles. The Morgan fingerprint density at radius 2 is 1.94 bits per heavy atom. The van der Waals surface area contributed by atoms with Gasteiger partial charge in [-0.1, -0.05) is 0 Å². The van der Waals surface area contributed by atoms with E-state index in [-0.39, 0.29) is 0 Å². The van der Waals surface area contributed by atoms with Crippen LogP contribution in [0.15, 0.2) is 0 Å². The third-order valence-corrected chi connectivity index (χ3v) is 4.30. The van der Waals surface area contributed by atoms with Crippen LogP contribution in [0.3, 0.4) is 0 Å². The van der Waals surface area contributed by atoms with Crippen molar-refractivity contribution in [3.05, 3.63) is 0 Å². The topological polar surface area (TPSA) is 39.6 Å². The van der Waals surface area contributed by atoms with Crippen molar-refractivity contribution in [2.75, 3.05) is 33.2 Å². The molecular formula is C12H21N3O. The molecule has 3 rings (SSSR count). The van der Waals surface area contributed by atoms with Gasteiger partial charge in [-0.25, -0.2) is 0 Å². The van der Waals surface area contributed by atoms with Gasteiger partial charge in [0.05, 0.1) is 12.2 Å². The average Bonchev–Trinajstić information content (AvgIpc) is 2.91. The molecule has 3 unspecified atom stereocenters. The first-order valence-corrected chi connectivity index (χ1v) is 6.41. The van der Waals surface area contributed by atoms with Crippen LogP contribution in [0, 0.1) is 11.3 Å². The number of likely N-dealkylation sites (N-methyl/N-ethyl adjacent to an activating group) is 1. The number of hydrogen-bond acceptors (Lipinski definition) is 3. The van der Waals surface area contributed by atoms with E-state index in [1.165, 1.54) is 12.8 Å². The summed E-state index contributed by atoms with van der Waals surface area (Å²) in [5.41, 5.74) is 0. The SMILES string of the molecule is CN1CCN(C(=N)C2CC3CCC2O3)CC1. The van der Waals surface area contributed by atoms with Crippen LogP contribution in [-0.2, 0) is 4.74 Å². The predicted molar refractivity (Wildman–Crippen MR) is 62.8 cm³/mol. The molecule has 4 nitrogen and oxygen atoms in total. The van der Waals surface area contributed by atoms with Crippen LogP contribution in [0.4, 0.5) is 0 Å². The standard InChI is InChI=1S/C12H21N3O/c1-14-4-6-15(7-5-14)12(13)10-8-9-2-3-11(10)16-9/h9-11,13H,2-8H2,1H3. The summed E-state index contributed by atoms with van der Waals surface area (Å²) >= 11 is 0. The van der Waals surface area contributed by atoms with Gasteiger partial charge in [-0.3, -0.25) is 5.41 Å². The van der Waals surface area contributed by atoms with Crippen LogP contribution in [0.2, 0.25) is 0 Å². The first-order valence-electron chi connectivity index (χ1n) is 6.41. The average molecular weight is 223 g/mol. The fraction of sp³-hybridized carbons (Fsp3) is 0.917. The Morgan fingerprint density at radius 3 is 2.50 bits per heavy atom. The van der Waals surface area contributed by atoms with Crippen molar-refractivity contribution in [3.8, 4) is 0 Å². The van der Waals surface area contributed by atoms with Gasteiger partial charge in [0, 0.05) is 32.1 Å². The highest BCUT2D eigenvalue weighted by Crippen LogP contribution is 2.39. The molecule has 0 amide bonds. The summed E-state index contributed by atoms with van der Waals surface area (Å²) in [6.07, 6.45) is 4.30. The zero-order chi connectivity index (χ0) is 11.1. The summed E-state index contributed by atoms with van der Waals surface area (Å²) in [5, 5.41) is 8.33. The molecule has 2 bridgehead atoms. The molecule has 0 aromatic rings. The highest BCUT2D eigenvalue weighted by molar-refractivity contribution is 5.82. The normalized spacial score (nSPS) is 39.3. The number of piperazine rings is 1. The molecule has 0 aliphatic carbocycles. The van der Waals surface area contributed by atoms with Gasteiger partial charge < -0.3 is 14.5 Å². The smallest absolute Gasteiger partial charge is 0.102 e. The molecule has 0 spiro atoms.